The molecule has 29 heavy (non-hydrogen) atoms. The van der Waals surface area contributed by atoms with Gasteiger partial charge in [0.25, 0.3) is 0 Å². The van der Waals surface area contributed by atoms with Crippen LogP contribution in [0.25, 0.3) is 0 Å². The molecule has 0 bridgehead atoms. The van der Waals surface area contributed by atoms with Crippen LogP contribution in [0.15, 0.2) is 0 Å². The molecular formula is C28H59P. The predicted octanol–water partition coefficient (Wildman–Crippen LogP) is 11.1. The van der Waals surface area contributed by atoms with E-state index in [4.69, 9.17) is 0 Å². The summed E-state index contributed by atoms with van der Waals surface area (Å²) in [6.07, 6.45) is 37.3. The van der Waals surface area contributed by atoms with Crippen molar-refractivity contribution in [3.8, 4) is 0 Å². The van der Waals surface area contributed by atoms with Gasteiger partial charge in [0.2, 0.25) is 0 Å². The van der Waals surface area contributed by atoms with Gasteiger partial charge in [-0.3, -0.25) is 0 Å². The molecule has 0 aromatic heterocycles. The van der Waals surface area contributed by atoms with Crippen LogP contribution in [0.5, 0.6) is 0 Å². The molecule has 0 saturated heterocycles. The van der Waals surface area contributed by atoms with E-state index in [0.29, 0.717) is 7.92 Å². The second kappa shape index (κ2) is 26.5. The van der Waals surface area contributed by atoms with Crippen LogP contribution in [0.3, 0.4) is 0 Å². The summed E-state index contributed by atoms with van der Waals surface area (Å²) in [4.78, 5) is 0. The Morgan fingerprint density at radius 3 is 0.724 bits per heavy atom. The van der Waals surface area contributed by atoms with Gasteiger partial charge in [-0.25, -0.2) is 0 Å². The first-order valence-corrected chi connectivity index (χ1v) is 16.0. The molecule has 0 radical (unpaired) electrons. The summed E-state index contributed by atoms with van der Waals surface area (Å²) in [6.45, 7) is 6.96. The van der Waals surface area contributed by atoms with E-state index in [1.165, 1.54) is 141 Å². The van der Waals surface area contributed by atoms with Crippen LogP contribution in [-0.4, -0.2) is 18.5 Å². The minimum absolute atomic E-state index is 0.354. The van der Waals surface area contributed by atoms with E-state index < -0.39 is 0 Å². The normalized spacial score (nSPS) is 11.6. The van der Waals surface area contributed by atoms with Gasteiger partial charge >= 0.3 is 0 Å². The molecule has 0 nitrogen and oxygen atoms in total. The minimum Gasteiger partial charge on any atom is -0.107 e. The molecule has 0 saturated carbocycles. The Bertz CT molecular complexity index is 255. The smallest absolute Gasteiger partial charge is 0.0326 e. The lowest BCUT2D eigenvalue weighted by atomic mass is 10.1. The number of hydrogen-bond donors (Lipinski definition) is 0. The first kappa shape index (κ1) is 29.4. The van der Waals surface area contributed by atoms with Gasteiger partial charge in [-0.05, 0) is 37.7 Å². The Kier molecular flexibility index (Phi) is 26.9. The number of hydrogen-bond acceptors (Lipinski definition) is 0. The standard InChI is InChI=1S/C28H59P/c1-4-7-10-13-16-18-21-24-27-29(26-23-20-15-12-9-6-3)28-25-22-19-17-14-11-8-5-2/h4-28H2,1-3H3. The van der Waals surface area contributed by atoms with Crippen LogP contribution < -0.4 is 0 Å². The quantitative estimate of drug-likeness (QED) is 0.100. The summed E-state index contributed by atoms with van der Waals surface area (Å²) in [5.41, 5.74) is 0. The van der Waals surface area contributed by atoms with Crippen LogP contribution in [0.2, 0.25) is 0 Å². The van der Waals surface area contributed by atoms with E-state index in [-0.39, 0.29) is 0 Å². The summed E-state index contributed by atoms with van der Waals surface area (Å²) in [6, 6.07) is 0. The fraction of sp³-hybridized carbons (Fsp3) is 1.00. The molecule has 0 amide bonds. The van der Waals surface area contributed by atoms with Crippen molar-refractivity contribution in [1.29, 1.82) is 0 Å². The zero-order valence-electron chi connectivity index (χ0n) is 21.1. The highest BCUT2D eigenvalue weighted by Gasteiger charge is 2.08. The van der Waals surface area contributed by atoms with Crippen molar-refractivity contribution in [1.82, 2.24) is 0 Å². The van der Waals surface area contributed by atoms with Gasteiger partial charge in [0, 0.05) is 0 Å². The largest absolute Gasteiger partial charge is 0.107 e. The van der Waals surface area contributed by atoms with Crippen molar-refractivity contribution in [2.45, 2.75) is 162 Å². The van der Waals surface area contributed by atoms with Crippen LogP contribution in [0, 0.1) is 0 Å². The zero-order chi connectivity index (χ0) is 21.3. The third kappa shape index (κ3) is 24.6. The Balaban J connectivity index is 3.79. The second-order valence-electron chi connectivity index (χ2n) is 9.56. The van der Waals surface area contributed by atoms with Crippen molar-refractivity contribution in [3.63, 3.8) is 0 Å². The highest BCUT2D eigenvalue weighted by molar-refractivity contribution is 7.57. The summed E-state index contributed by atoms with van der Waals surface area (Å²) < 4.78 is 0. The topological polar surface area (TPSA) is 0 Å². The van der Waals surface area contributed by atoms with Crippen LogP contribution in [0.1, 0.15) is 162 Å². The molecule has 1 heteroatoms. The number of unbranched alkanes of at least 4 members (excludes halogenated alkanes) is 19. The molecular weight excluding hydrogens is 367 g/mol. The van der Waals surface area contributed by atoms with E-state index in [9.17, 15) is 0 Å². The molecule has 0 aromatic rings. The Hall–Kier alpha value is 0.430. The van der Waals surface area contributed by atoms with Crippen molar-refractivity contribution in [3.05, 3.63) is 0 Å². The summed E-state index contributed by atoms with van der Waals surface area (Å²) in [7, 11) is 0.354. The van der Waals surface area contributed by atoms with Gasteiger partial charge in [-0.2, -0.15) is 0 Å². The van der Waals surface area contributed by atoms with E-state index in [2.05, 4.69) is 20.8 Å². The highest BCUT2D eigenvalue weighted by atomic mass is 31.1. The predicted molar refractivity (Wildman–Crippen MR) is 140 cm³/mol. The molecule has 176 valence electrons. The maximum atomic E-state index is 2.33. The molecule has 0 aliphatic carbocycles. The van der Waals surface area contributed by atoms with E-state index in [1.54, 1.807) is 18.5 Å². The first-order valence-electron chi connectivity index (χ1n) is 14.1. The Morgan fingerprint density at radius 1 is 0.276 bits per heavy atom. The monoisotopic (exact) mass is 426 g/mol. The summed E-state index contributed by atoms with van der Waals surface area (Å²) in [5, 5.41) is 0. The maximum absolute atomic E-state index is 2.33. The van der Waals surface area contributed by atoms with Crippen LogP contribution in [-0.2, 0) is 0 Å². The van der Waals surface area contributed by atoms with Crippen LogP contribution >= 0.6 is 7.92 Å². The zero-order valence-corrected chi connectivity index (χ0v) is 22.0. The lowest BCUT2D eigenvalue weighted by Gasteiger charge is -2.18. The molecule has 0 rings (SSSR count). The molecule has 0 atom stereocenters. The molecule has 0 aliphatic rings. The van der Waals surface area contributed by atoms with E-state index in [1.807, 2.05) is 0 Å². The first-order chi connectivity index (χ1) is 14.3. The van der Waals surface area contributed by atoms with Gasteiger partial charge in [-0.15, -0.1) is 7.92 Å². The van der Waals surface area contributed by atoms with E-state index in [0.717, 1.165) is 0 Å². The van der Waals surface area contributed by atoms with Crippen molar-refractivity contribution in [2.75, 3.05) is 18.5 Å². The van der Waals surface area contributed by atoms with Crippen LogP contribution in [0.4, 0.5) is 0 Å². The average molecular weight is 427 g/mol. The minimum atomic E-state index is 0.354. The van der Waals surface area contributed by atoms with Gasteiger partial charge < -0.3 is 0 Å². The van der Waals surface area contributed by atoms with Crippen molar-refractivity contribution < 1.29 is 0 Å². The summed E-state index contributed by atoms with van der Waals surface area (Å²) in [5.74, 6) is 0. The Labute approximate surface area is 188 Å². The van der Waals surface area contributed by atoms with Gasteiger partial charge in [0.15, 0.2) is 0 Å². The molecule has 0 spiro atoms. The third-order valence-corrected chi connectivity index (χ3v) is 9.33. The molecule has 0 aliphatic heterocycles. The van der Waals surface area contributed by atoms with Gasteiger partial charge in [0.05, 0.1) is 0 Å². The molecule has 0 unspecified atom stereocenters. The third-order valence-electron chi connectivity index (χ3n) is 6.48. The van der Waals surface area contributed by atoms with Gasteiger partial charge in [-0.1, -0.05) is 143 Å². The SMILES string of the molecule is CCCCCCCCCCP(CCCCCCCC)CCCCCCCCCC. The average Bonchev–Trinajstić information content (AvgIpc) is 2.73. The molecule has 0 aromatic carbocycles. The molecule has 0 fully saturated rings. The summed E-state index contributed by atoms with van der Waals surface area (Å²) >= 11 is 0. The maximum Gasteiger partial charge on any atom is -0.0326 e. The second-order valence-corrected chi connectivity index (χ2v) is 12.2. The number of rotatable bonds is 25. The van der Waals surface area contributed by atoms with E-state index >= 15 is 0 Å². The van der Waals surface area contributed by atoms with Crippen molar-refractivity contribution in [2.24, 2.45) is 0 Å². The fourth-order valence-corrected chi connectivity index (χ4v) is 7.07. The Morgan fingerprint density at radius 2 is 0.483 bits per heavy atom. The fourth-order valence-electron chi connectivity index (χ4n) is 4.39. The molecule has 0 heterocycles. The van der Waals surface area contributed by atoms with Gasteiger partial charge in [0.1, 0.15) is 0 Å². The lowest BCUT2D eigenvalue weighted by Crippen LogP contribution is -1.97. The van der Waals surface area contributed by atoms with Crippen molar-refractivity contribution >= 4 is 7.92 Å². The molecule has 0 N–H and O–H groups in total. The highest BCUT2D eigenvalue weighted by Crippen LogP contribution is 2.39. The lowest BCUT2D eigenvalue weighted by molar-refractivity contribution is 0.583.